The number of Topliss-reactive ketones (excluding diaryl/α,β-unsaturated/α-hetero) is 1. The van der Waals surface area contributed by atoms with Crippen LogP contribution in [0.1, 0.15) is 35.2 Å². The monoisotopic (exact) mass is 274 g/mol. The van der Waals surface area contributed by atoms with E-state index in [1.807, 2.05) is 36.1 Å². The highest BCUT2D eigenvalue weighted by atomic mass is 16.2. The third kappa shape index (κ3) is 4.17. The largest absolute Gasteiger partial charge is 0.340 e. The van der Waals surface area contributed by atoms with Gasteiger partial charge in [0.1, 0.15) is 0 Å². The lowest BCUT2D eigenvalue weighted by Crippen LogP contribution is -2.46. The second kappa shape index (κ2) is 7.20. The Balaban J connectivity index is 1.73. The maximum atomic E-state index is 12.0. The van der Waals surface area contributed by atoms with Crippen molar-refractivity contribution in [2.45, 2.75) is 26.2 Å². The summed E-state index contributed by atoms with van der Waals surface area (Å²) in [7, 11) is 0. The van der Waals surface area contributed by atoms with Crippen molar-refractivity contribution < 1.29 is 9.59 Å². The van der Waals surface area contributed by atoms with Crippen LogP contribution in [0.3, 0.4) is 0 Å². The molecule has 0 radical (unpaired) electrons. The molecular weight excluding hydrogens is 252 g/mol. The lowest BCUT2D eigenvalue weighted by atomic mass is 10.0. The Kier molecular flexibility index (Phi) is 5.30. The predicted octanol–water partition coefficient (Wildman–Crippen LogP) is 1.78. The molecule has 0 aromatic heterocycles. The Morgan fingerprint density at radius 3 is 2.40 bits per heavy atom. The van der Waals surface area contributed by atoms with Gasteiger partial charge in [0.15, 0.2) is 5.78 Å². The topological polar surface area (TPSA) is 49.4 Å². The van der Waals surface area contributed by atoms with Crippen LogP contribution in [0.4, 0.5) is 0 Å². The molecule has 20 heavy (non-hydrogen) atoms. The standard InChI is InChI=1S/C16H22N2O2/c1-13-5-7-14(8-6-13)15(19)3-2-4-16(20)18-11-9-17-10-12-18/h5-8,17H,2-4,9-12H2,1H3. The normalized spacial score (nSPS) is 15.2. The Hall–Kier alpha value is -1.68. The van der Waals surface area contributed by atoms with Crippen molar-refractivity contribution in [1.82, 2.24) is 10.2 Å². The first kappa shape index (κ1) is 14.7. The van der Waals surface area contributed by atoms with Crippen LogP contribution in [0.2, 0.25) is 0 Å². The smallest absolute Gasteiger partial charge is 0.222 e. The summed E-state index contributed by atoms with van der Waals surface area (Å²) in [5.41, 5.74) is 1.89. The fraction of sp³-hybridized carbons (Fsp3) is 0.500. The number of benzene rings is 1. The molecule has 1 aliphatic rings. The second-order valence-corrected chi connectivity index (χ2v) is 5.27. The van der Waals surface area contributed by atoms with E-state index in [0.29, 0.717) is 19.3 Å². The minimum Gasteiger partial charge on any atom is -0.340 e. The number of nitrogens with one attached hydrogen (secondary N) is 1. The van der Waals surface area contributed by atoms with E-state index in [-0.39, 0.29) is 11.7 Å². The maximum Gasteiger partial charge on any atom is 0.222 e. The average molecular weight is 274 g/mol. The van der Waals surface area contributed by atoms with Gasteiger partial charge in [-0.1, -0.05) is 29.8 Å². The van der Waals surface area contributed by atoms with Gasteiger partial charge in [0.05, 0.1) is 0 Å². The SMILES string of the molecule is Cc1ccc(C(=O)CCCC(=O)N2CCNCC2)cc1. The molecule has 1 aromatic rings. The number of hydrogen-bond donors (Lipinski definition) is 1. The summed E-state index contributed by atoms with van der Waals surface area (Å²) in [4.78, 5) is 25.8. The summed E-state index contributed by atoms with van der Waals surface area (Å²) in [5, 5.41) is 3.22. The van der Waals surface area contributed by atoms with Crippen molar-refractivity contribution >= 4 is 11.7 Å². The number of carbonyl (C=O) groups excluding carboxylic acids is 2. The van der Waals surface area contributed by atoms with Crippen LogP contribution in [0.25, 0.3) is 0 Å². The minimum atomic E-state index is 0.123. The lowest BCUT2D eigenvalue weighted by Gasteiger charge is -2.27. The Bertz CT molecular complexity index is 462. The summed E-state index contributed by atoms with van der Waals surface area (Å²) in [5.74, 6) is 0.293. The van der Waals surface area contributed by atoms with Gasteiger partial charge in [-0.25, -0.2) is 0 Å². The number of aryl methyl sites for hydroxylation is 1. The summed E-state index contributed by atoms with van der Waals surface area (Å²) in [6, 6.07) is 7.60. The quantitative estimate of drug-likeness (QED) is 0.833. The molecule has 2 rings (SSSR count). The van der Waals surface area contributed by atoms with Gasteiger partial charge in [-0.15, -0.1) is 0 Å². The average Bonchev–Trinajstić information content (AvgIpc) is 2.48. The molecule has 1 amide bonds. The molecule has 1 heterocycles. The zero-order valence-electron chi connectivity index (χ0n) is 12.0. The highest BCUT2D eigenvalue weighted by molar-refractivity contribution is 5.96. The van der Waals surface area contributed by atoms with Crippen LogP contribution in [0.5, 0.6) is 0 Å². The summed E-state index contributed by atoms with van der Waals surface area (Å²) < 4.78 is 0. The van der Waals surface area contributed by atoms with Gasteiger partial charge in [-0.3, -0.25) is 9.59 Å². The molecular formula is C16H22N2O2. The van der Waals surface area contributed by atoms with Crippen molar-refractivity contribution in [3.63, 3.8) is 0 Å². The summed E-state index contributed by atoms with van der Waals surface area (Å²) in [6.45, 7) is 5.30. The van der Waals surface area contributed by atoms with Gasteiger partial charge in [-0.2, -0.15) is 0 Å². The van der Waals surface area contributed by atoms with Crippen LogP contribution in [-0.2, 0) is 4.79 Å². The number of piperazine rings is 1. The van der Waals surface area contributed by atoms with Crippen LogP contribution < -0.4 is 5.32 Å². The van der Waals surface area contributed by atoms with Crippen LogP contribution in [0.15, 0.2) is 24.3 Å². The second-order valence-electron chi connectivity index (χ2n) is 5.27. The molecule has 108 valence electrons. The molecule has 1 fully saturated rings. The van der Waals surface area contributed by atoms with Crippen LogP contribution >= 0.6 is 0 Å². The van der Waals surface area contributed by atoms with Crippen molar-refractivity contribution in [3.05, 3.63) is 35.4 Å². The molecule has 1 aromatic carbocycles. The van der Waals surface area contributed by atoms with Crippen LogP contribution in [0, 0.1) is 6.92 Å². The zero-order chi connectivity index (χ0) is 14.4. The molecule has 0 aliphatic carbocycles. The molecule has 0 saturated carbocycles. The molecule has 4 nitrogen and oxygen atoms in total. The highest BCUT2D eigenvalue weighted by Crippen LogP contribution is 2.10. The first-order chi connectivity index (χ1) is 9.66. The van der Waals surface area contributed by atoms with E-state index in [0.717, 1.165) is 37.3 Å². The minimum absolute atomic E-state index is 0.123. The number of ketones is 1. The van der Waals surface area contributed by atoms with E-state index in [1.54, 1.807) is 0 Å². The number of nitrogens with zero attached hydrogens (tertiary/aromatic N) is 1. The van der Waals surface area contributed by atoms with E-state index < -0.39 is 0 Å². The van der Waals surface area contributed by atoms with Gasteiger partial charge in [0.2, 0.25) is 5.91 Å². The Labute approximate surface area is 120 Å². The van der Waals surface area contributed by atoms with E-state index in [2.05, 4.69) is 5.32 Å². The first-order valence-corrected chi connectivity index (χ1v) is 7.25. The number of amides is 1. The lowest BCUT2D eigenvalue weighted by molar-refractivity contribution is -0.131. The maximum absolute atomic E-state index is 12.0. The zero-order valence-corrected chi connectivity index (χ0v) is 12.0. The van der Waals surface area contributed by atoms with Crippen molar-refractivity contribution in [2.24, 2.45) is 0 Å². The third-order valence-corrected chi connectivity index (χ3v) is 3.64. The van der Waals surface area contributed by atoms with E-state index in [4.69, 9.17) is 0 Å². The molecule has 0 spiro atoms. The molecule has 4 heteroatoms. The van der Waals surface area contributed by atoms with Crippen LogP contribution in [-0.4, -0.2) is 42.8 Å². The summed E-state index contributed by atoms with van der Waals surface area (Å²) >= 11 is 0. The molecule has 1 aliphatic heterocycles. The van der Waals surface area contributed by atoms with E-state index >= 15 is 0 Å². The highest BCUT2D eigenvalue weighted by Gasteiger charge is 2.16. The van der Waals surface area contributed by atoms with E-state index in [9.17, 15) is 9.59 Å². The molecule has 1 N–H and O–H groups in total. The van der Waals surface area contributed by atoms with Gasteiger partial charge in [0.25, 0.3) is 0 Å². The van der Waals surface area contributed by atoms with Gasteiger partial charge >= 0.3 is 0 Å². The van der Waals surface area contributed by atoms with Crippen molar-refractivity contribution in [3.8, 4) is 0 Å². The predicted molar refractivity (Wildman–Crippen MR) is 78.8 cm³/mol. The number of hydrogen-bond acceptors (Lipinski definition) is 3. The first-order valence-electron chi connectivity index (χ1n) is 7.25. The van der Waals surface area contributed by atoms with E-state index in [1.165, 1.54) is 0 Å². The Morgan fingerprint density at radius 1 is 1.10 bits per heavy atom. The van der Waals surface area contributed by atoms with Gasteiger partial charge in [-0.05, 0) is 13.3 Å². The molecule has 0 atom stereocenters. The number of carbonyl (C=O) groups is 2. The molecule has 0 unspecified atom stereocenters. The Morgan fingerprint density at radius 2 is 1.75 bits per heavy atom. The fourth-order valence-corrected chi connectivity index (χ4v) is 2.36. The van der Waals surface area contributed by atoms with Gasteiger partial charge < -0.3 is 10.2 Å². The van der Waals surface area contributed by atoms with Gasteiger partial charge in [0, 0.05) is 44.6 Å². The third-order valence-electron chi connectivity index (χ3n) is 3.64. The molecule has 0 bridgehead atoms. The number of rotatable bonds is 5. The van der Waals surface area contributed by atoms with Crippen molar-refractivity contribution in [2.75, 3.05) is 26.2 Å². The van der Waals surface area contributed by atoms with Crippen molar-refractivity contribution in [1.29, 1.82) is 0 Å². The molecule has 1 saturated heterocycles. The summed E-state index contributed by atoms with van der Waals surface area (Å²) in [6.07, 6.45) is 1.55. The fourth-order valence-electron chi connectivity index (χ4n) is 2.36.